The molecule has 0 aromatic heterocycles. The SMILES string of the molecule is CCCOc1ccc([C@@H]2C(C(=O)OC(C)C)=C(C)NC3=C2C(=O)C[C@@H](c2ccc(Cl)cc2)C3)cc1OC. The first kappa shape index (κ1) is 26.8. The van der Waals surface area contributed by atoms with Gasteiger partial charge in [0.1, 0.15) is 0 Å². The Hall–Kier alpha value is -3.25. The molecule has 1 heterocycles. The molecule has 37 heavy (non-hydrogen) atoms. The van der Waals surface area contributed by atoms with Gasteiger partial charge in [0.05, 0.1) is 25.4 Å². The van der Waals surface area contributed by atoms with E-state index >= 15 is 0 Å². The summed E-state index contributed by atoms with van der Waals surface area (Å²) in [6.07, 6.45) is 1.57. The minimum absolute atomic E-state index is 0.00585. The number of rotatable bonds is 8. The van der Waals surface area contributed by atoms with Gasteiger partial charge in [-0.2, -0.15) is 0 Å². The van der Waals surface area contributed by atoms with Gasteiger partial charge in [-0.3, -0.25) is 4.79 Å². The number of Topliss-reactive ketones (excluding diaryl/α,β-unsaturated/α-hetero) is 1. The third-order valence-electron chi connectivity index (χ3n) is 6.71. The second-order valence-corrected chi connectivity index (χ2v) is 10.2. The number of hydrogen-bond acceptors (Lipinski definition) is 6. The van der Waals surface area contributed by atoms with Crippen LogP contribution in [0.5, 0.6) is 11.5 Å². The van der Waals surface area contributed by atoms with Crippen molar-refractivity contribution in [2.75, 3.05) is 13.7 Å². The second-order valence-electron chi connectivity index (χ2n) is 9.78. The summed E-state index contributed by atoms with van der Waals surface area (Å²) in [4.78, 5) is 27.1. The predicted octanol–water partition coefficient (Wildman–Crippen LogP) is 6.45. The number of esters is 1. The van der Waals surface area contributed by atoms with Gasteiger partial charge in [-0.05, 0) is 74.9 Å². The van der Waals surface area contributed by atoms with Crippen molar-refractivity contribution in [2.45, 2.75) is 64.9 Å². The van der Waals surface area contributed by atoms with Crippen molar-refractivity contribution in [3.05, 3.63) is 81.2 Å². The van der Waals surface area contributed by atoms with E-state index in [2.05, 4.69) is 5.32 Å². The topological polar surface area (TPSA) is 73.9 Å². The zero-order valence-electron chi connectivity index (χ0n) is 22.0. The van der Waals surface area contributed by atoms with Crippen LogP contribution in [0.3, 0.4) is 0 Å². The van der Waals surface area contributed by atoms with Crippen molar-refractivity contribution in [1.29, 1.82) is 0 Å². The third kappa shape index (κ3) is 5.69. The van der Waals surface area contributed by atoms with Crippen LogP contribution in [0.2, 0.25) is 5.02 Å². The first-order valence-electron chi connectivity index (χ1n) is 12.7. The maximum Gasteiger partial charge on any atom is 0.337 e. The van der Waals surface area contributed by atoms with Crippen molar-refractivity contribution in [3.8, 4) is 11.5 Å². The lowest BCUT2D eigenvalue weighted by Gasteiger charge is -2.37. The molecule has 7 heteroatoms. The molecule has 1 N–H and O–H groups in total. The predicted molar refractivity (Wildman–Crippen MR) is 144 cm³/mol. The van der Waals surface area contributed by atoms with E-state index in [1.165, 1.54) is 0 Å². The van der Waals surface area contributed by atoms with Crippen LogP contribution >= 0.6 is 11.6 Å². The summed E-state index contributed by atoms with van der Waals surface area (Å²) in [6, 6.07) is 13.3. The van der Waals surface area contributed by atoms with Crippen LogP contribution in [0.15, 0.2) is 65.0 Å². The Morgan fingerprint density at radius 2 is 1.78 bits per heavy atom. The van der Waals surface area contributed by atoms with Crippen molar-refractivity contribution < 1.29 is 23.8 Å². The molecule has 6 nitrogen and oxygen atoms in total. The Morgan fingerprint density at radius 3 is 2.43 bits per heavy atom. The van der Waals surface area contributed by atoms with Crippen LogP contribution in [0, 0.1) is 0 Å². The number of carbonyl (C=O) groups is 2. The molecule has 0 fully saturated rings. The molecule has 0 saturated heterocycles. The molecular weight excluding hydrogens is 490 g/mol. The number of hydrogen-bond donors (Lipinski definition) is 1. The van der Waals surface area contributed by atoms with Crippen LogP contribution in [0.1, 0.15) is 69.9 Å². The van der Waals surface area contributed by atoms with Gasteiger partial charge in [-0.25, -0.2) is 4.79 Å². The van der Waals surface area contributed by atoms with E-state index in [0.717, 1.165) is 23.2 Å². The second kappa shape index (κ2) is 11.4. The highest BCUT2D eigenvalue weighted by Gasteiger charge is 2.41. The molecule has 0 amide bonds. The Labute approximate surface area is 223 Å². The first-order valence-corrected chi connectivity index (χ1v) is 13.1. The summed E-state index contributed by atoms with van der Waals surface area (Å²) in [5.74, 6) is 0.202. The average Bonchev–Trinajstić information content (AvgIpc) is 2.86. The molecule has 0 spiro atoms. The highest BCUT2D eigenvalue weighted by atomic mass is 35.5. The van der Waals surface area contributed by atoms with Crippen LogP contribution < -0.4 is 14.8 Å². The zero-order valence-corrected chi connectivity index (χ0v) is 22.8. The van der Waals surface area contributed by atoms with Crippen LogP contribution in [0.4, 0.5) is 0 Å². The Kier molecular flexibility index (Phi) is 8.28. The van der Waals surface area contributed by atoms with Crippen molar-refractivity contribution >= 4 is 23.4 Å². The fourth-order valence-electron chi connectivity index (χ4n) is 5.09. The number of benzene rings is 2. The number of nitrogens with one attached hydrogen (secondary N) is 1. The van der Waals surface area contributed by atoms with Crippen molar-refractivity contribution in [2.24, 2.45) is 0 Å². The Balaban J connectivity index is 1.80. The minimum Gasteiger partial charge on any atom is -0.493 e. The molecule has 1 aliphatic heterocycles. The normalized spacial score (nSPS) is 19.5. The summed E-state index contributed by atoms with van der Waals surface area (Å²) in [6.45, 7) is 8.09. The zero-order chi connectivity index (χ0) is 26.7. The van der Waals surface area contributed by atoms with E-state index in [0.29, 0.717) is 52.8 Å². The van der Waals surface area contributed by atoms with E-state index in [1.54, 1.807) is 7.11 Å². The van der Waals surface area contributed by atoms with E-state index in [-0.39, 0.29) is 17.8 Å². The number of dihydropyridines is 1. The summed E-state index contributed by atoms with van der Waals surface area (Å²) in [7, 11) is 1.59. The van der Waals surface area contributed by atoms with Gasteiger partial charge in [0.25, 0.3) is 0 Å². The summed E-state index contributed by atoms with van der Waals surface area (Å²) in [5, 5.41) is 4.05. The highest BCUT2D eigenvalue weighted by molar-refractivity contribution is 6.30. The molecule has 0 unspecified atom stereocenters. The third-order valence-corrected chi connectivity index (χ3v) is 6.97. The largest absolute Gasteiger partial charge is 0.493 e. The fraction of sp³-hybridized carbons (Fsp3) is 0.400. The molecule has 2 atom stereocenters. The van der Waals surface area contributed by atoms with Crippen LogP contribution in [-0.4, -0.2) is 31.6 Å². The van der Waals surface area contributed by atoms with Gasteiger partial charge in [-0.15, -0.1) is 0 Å². The number of halogens is 1. The standard InChI is InChI=1S/C30H34ClNO5/c1-6-13-36-25-12-9-20(16-26(25)35-5)28-27(30(34)37-17(2)3)18(4)32-23-14-21(15-24(33)29(23)28)19-7-10-22(31)11-8-19/h7-12,16-17,21,28,32H,6,13-15H2,1-5H3/t21-,28+/m0/s1. The van der Waals surface area contributed by atoms with Crippen molar-refractivity contribution in [1.82, 2.24) is 5.32 Å². The molecule has 2 aromatic rings. The summed E-state index contributed by atoms with van der Waals surface area (Å²) >= 11 is 6.08. The van der Waals surface area contributed by atoms with Crippen molar-refractivity contribution in [3.63, 3.8) is 0 Å². The first-order chi connectivity index (χ1) is 17.7. The quantitative estimate of drug-likeness (QED) is 0.401. The van der Waals surface area contributed by atoms with E-state index in [9.17, 15) is 9.59 Å². The van der Waals surface area contributed by atoms with Gasteiger partial charge in [0.2, 0.25) is 0 Å². The lowest BCUT2D eigenvalue weighted by molar-refractivity contribution is -0.143. The van der Waals surface area contributed by atoms with Gasteiger partial charge in [0.15, 0.2) is 17.3 Å². The minimum atomic E-state index is -0.574. The summed E-state index contributed by atoms with van der Waals surface area (Å²) in [5.41, 5.74) is 4.41. The van der Waals surface area contributed by atoms with Crippen LogP contribution in [-0.2, 0) is 14.3 Å². The van der Waals surface area contributed by atoms with Gasteiger partial charge in [0, 0.05) is 34.3 Å². The van der Waals surface area contributed by atoms with Gasteiger partial charge < -0.3 is 19.5 Å². The molecule has 4 rings (SSSR count). The molecule has 0 bridgehead atoms. The maximum atomic E-state index is 13.8. The fourth-order valence-corrected chi connectivity index (χ4v) is 5.21. The molecule has 2 aliphatic rings. The molecule has 1 aliphatic carbocycles. The number of allylic oxidation sites excluding steroid dienone is 3. The molecule has 0 saturated carbocycles. The number of ketones is 1. The van der Waals surface area contributed by atoms with Crippen LogP contribution in [0.25, 0.3) is 0 Å². The van der Waals surface area contributed by atoms with E-state index < -0.39 is 11.9 Å². The van der Waals surface area contributed by atoms with E-state index in [1.807, 2.05) is 70.2 Å². The lowest BCUT2D eigenvalue weighted by atomic mass is 9.71. The number of methoxy groups -OCH3 is 1. The van der Waals surface area contributed by atoms with Gasteiger partial charge >= 0.3 is 5.97 Å². The van der Waals surface area contributed by atoms with E-state index in [4.69, 9.17) is 25.8 Å². The average molecular weight is 524 g/mol. The monoisotopic (exact) mass is 523 g/mol. The maximum absolute atomic E-state index is 13.8. The lowest BCUT2D eigenvalue weighted by Crippen LogP contribution is -2.36. The molecular formula is C30H34ClNO5. The smallest absolute Gasteiger partial charge is 0.337 e. The summed E-state index contributed by atoms with van der Waals surface area (Å²) < 4.78 is 17.1. The number of carbonyl (C=O) groups excluding carboxylic acids is 2. The Bertz CT molecular complexity index is 1250. The molecule has 2 aromatic carbocycles. The molecule has 196 valence electrons. The number of ether oxygens (including phenoxy) is 3. The Morgan fingerprint density at radius 1 is 1.08 bits per heavy atom. The molecule has 0 radical (unpaired) electrons. The highest BCUT2D eigenvalue weighted by Crippen LogP contribution is 2.47. The van der Waals surface area contributed by atoms with Gasteiger partial charge in [-0.1, -0.05) is 36.7 Å².